The van der Waals surface area contributed by atoms with Crippen LogP contribution in [0.3, 0.4) is 0 Å². The second kappa shape index (κ2) is 9.70. The summed E-state index contributed by atoms with van der Waals surface area (Å²) in [6.45, 7) is 7.79. The monoisotopic (exact) mass is 422 g/mol. The van der Waals surface area contributed by atoms with E-state index < -0.39 is 12.6 Å². The predicted octanol–water partition coefficient (Wildman–Crippen LogP) is 2.55. The van der Waals surface area contributed by atoms with E-state index in [0.29, 0.717) is 12.0 Å². The maximum Gasteiger partial charge on any atom is 0.390 e. The summed E-state index contributed by atoms with van der Waals surface area (Å²) in [6, 6.07) is 0.464. The highest BCUT2D eigenvalue weighted by Crippen LogP contribution is 2.19. The van der Waals surface area contributed by atoms with Gasteiger partial charge in [-0.15, -0.1) is 24.0 Å². The van der Waals surface area contributed by atoms with Gasteiger partial charge in [0.15, 0.2) is 5.96 Å². The first-order valence-corrected chi connectivity index (χ1v) is 7.17. The molecule has 1 aliphatic heterocycles. The summed E-state index contributed by atoms with van der Waals surface area (Å²) in [5, 5.41) is 2.80. The summed E-state index contributed by atoms with van der Waals surface area (Å²) in [4.78, 5) is 8.50. The minimum atomic E-state index is -4.12. The second-order valence-corrected chi connectivity index (χ2v) is 4.95. The van der Waals surface area contributed by atoms with Crippen LogP contribution in [0, 0.1) is 0 Å². The number of alkyl halides is 3. The molecule has 0 aliphatic carbocycles. The van der Waals surface area contributed by atoms with Crippen molar-refractivity contribution in [1.82, 2.24) is 15.1 Å². The molecule has 4 nitrogen and oxygen atoms in total. The van der Waals surface area contributed by atoms with Gasteiger partial charge in [0.25, 0.3) is 0 Å². The lowest BCUT2D eigenvalue weighted by molar-refractivity contribution is -0.132. The molecule has 0 bridgehead atoms. The van der Waals surface area contributed by atoms with Crippen molar-refractivity contribution in [3.63, 3.8) is 0 Å². The Morgan fingerprint density at radius 2 is 1.95 bits per heavy atom. The highest BCUT2D eigenvalue weighted by molar-refractivity contribution is 14.0. The molecular weight excluding hydrogens is 396 g/mol. The van der Waals surface area contributed by atoms with Gasteiger partial charge in [-0.25, -0.2) is 0 Å². The Labute approximate surface area is 142 Å². The van der Waals surface area contributed by atoms with E-state index in [1.165, 1.54) is 0 Å². The minimum Gasteiger partial charge on any atom is -0.356 e. The molecule has 0 saturated carbocycles. The van der Waals surface area contributed by atoms with E-state index in [-0.39, 0.29) is 30.5 Å². The zero-order chi connectivity index (χ0) is 15.2. The van der Waals surface area contributed by atoms with Gasteiger partial charge in [0.05, 0.1) is 6.42 Å². The van der Waals surface area contributed by atoms with Crippen LogP contribution in [-0.4, -0.2) is 67.7 Å². The molecule has 1 fully saturated rings. The van der Waals surface area contributed by atoms with Crippen molar-refractivity contribution in [2.45, 2.75) is 38.9 Å². The van der Waals surface area contributed by atoms with Gasteiger partial charge in [0.2, 0.25) is 0 Å². The van der Waals surface area contributed by atoms with Crippen molar-refractivity contribution in [2.24, 2.45) is 4.99 Å². The van der Waals surface area contributed by atoms with Gasteiger partial charge in [-0.3, -0.25) is 9.89 Å². The molecule has 1 saturated heterocycles. The number of rotatable bonds is 5. The Morgan fingerprint density at radius 1 is 1.33 bits per heavy atom. The van der Waals surface area contributed by atoms with Crippen molar-refractivity contribution in [2.75, 3.05) is 39.8 Å². The van der Waals surface area contributed by atoms with E-state index >= 15 is 0 Å². The molecule has 126 valence electrons. The summed E-state index contributed by atoms with van der Waals surface area (Å²) < 4.78 is 36.4. The maximum absolute atomic E-state index is 12.1. The Kier molecular flexibility index (Phi) is 9.59. The first-order valence-electron chi connectivity index (χ1n) is 7.17. The van der Waals surface area contributed by atoms with Gasteiger partial charge < -0.3 is 10.2 Å². The molecule has 0 aromatic carbocycles. The summed E-state index contributed by atoms with van der Waals surface area (Å²) in [5.41, 5.74) is 0. The van der Waals surface area contributed by atoms with Crippen molar-refractivity contribution < 1.29 is 13.2 Å². The smallest absolute Gasteiger partial charge is 0.356 e. The molecule has 0 aromatic heterocycles. The van der Waals surface area contributed by atoms with Crippen LogP contribution >= 0.6 is 24.0 Å². The molecule has 1 N–H and O–H groups in total. The lowest BCUT2D eigenvalue weighted by Gasteiger charge is -2.27. The van der Waals surface area contributed by atoms with Crippen LogP contribution in [0.2, 0.25) is 0 Å². The molecular formula is C13H26F3IN4. The summed E-state index contributed by atoms with van der Waals surface area (Å²) in [5.74, 6) is 0.573. The lowest BCUT2D eigenvalue weighted by Crippen LogP contribution is -2.44. The maximum atomic E-state index is 12.1. The molecule has 0 aromatic rings. The fourth-order valence-corrected chi connectivity index (χ4v) is 2.62. The highest BCUT2D eigenvalue weighted by atomic mass is 127. The molecule has 0 spiro atoms. The molecule has 8 heteroatoms. The number of nitrogens with zero attached hydrogens (tertiary/aromatic N) is 3. The lowest BCUT2D eigenvalue weighted by atomic mass is 10.2. The topological polar surface area (TPSA) is 30.9 Å². The van der Waals surface area contributed by atoms with Crippen molar-refractivity contribution in [3.05, 3.63) is 0 Å². The van der Waals surface area contributed by atoms with E-state index in [2.05, 4.69) is 29.1 Å². The van der Waals surface area contributed by atoms with E-state index in [4.69, 9.17) is 0 Å². The molecule has 1 rings (SSSR count). The van der Waals surface area contributed by atoms with Gasteiger partial charge in [-0.2, -0.15) is 13.2 Å². The number of guanidine groups is 1. The van der Waals surface area contributed by atoms with Gasteiger partial charge in [-0.1, -0.05) is 13.8 Å². The first-order chi connectivity index (χ1) is 9.41. The molecule has 1 aliphatic rings. The Hall–Kier alpha value is -0.250. The number of hydrogen-bond acceptors (Lipinski definition) is 2. The van der Waals surface area contributed by atoms with Gasteiger partial charge in [0, 0.05) is 32.7 Å². The van der Waals surface area contributed by atoms with E-state index in [0.717, 1.165) is 32.6 Å². The number of hydrogen-bond donors (Lipinski definition) is 1. The number of nitrogens with one attached hydrogen (secondary N) is 1. The molecule has 0 amide bonds. The van der Waals surface area contributed by atoms with Crippen LogP contribution in [0.5, 0.6) is 0 Å². The second-order valence-electron chi connectivity index (χ2n) is 4.95. The third kappa shape index (κ3) is 7.03. The highest BCUT2D eigenvalue weighted by Gasteiger charge is 2.29. The average Bonchev–Trinajstić information content (AvgIpc) is 2.84. The third-order valence-corrected chi connectivity index (χ3v) is 3.70. The Balaban J connectivity index is 0.00000400. The van der Waals surface area contributed by atoms with Crippen LogP contribution in [0.15, 0.2) is 4.99 Å². The van der Waals surface area contributed by atoms with Gasteiger partial charge in [-0.05, 0) is 19.5 Å². The third-order valence-electron chi connectivity index (χ3n) is 3.70. The summed E-state index contributed by atoms with van der Waals surface area (Å²) in [7, 11) is 1.61. The van der Waals surface area contributed by atoms with Crippen molar-refractivity contribution >= 4 is 29.9 Å². The van der Waals surface area contributed by atoms with Crippen molar-refractivity contribution in [3.8, 4) is 0 Å². The summed E-state index contributed by atoms with van der Waals surface area (Å²) >= 11 is 0. The molecule has 21 heavy (non-hydrogen) atoms. The van der Waals surface area contributed by atoms with E-state index in [1.54, 1.807) is 7.05 Å². The standard InChI is InChI=1S/C13H25F3N4.HI/c1-4-19(5-2)11-6-9-20(10-11)12(17-3)18-8-7-13(14,15)16;/h11H,4-10H2,1-3H3,(H,17,18);1H. The zero-order valence-corrected chi connectivity index (χ0v) is 15.2. The van der Waals surface area contributed by atoms with Crippen LogP contribution in [0.4, 0.5) is 13.2 Å². The Bertz CT molecular complexity index is 319. The molecule has 1 atom stereocenters. The predicted molar refractivity (Wildman–Crippen MR) is 90.3 cm³/mol. The minimum absolute atomic E-state index is 0. The number of aliphatic imine (C=N–C) groups is 1. The van der Waals surface area contributed by atoms with Gasteiger partial charge >= 0.3 is 6.18 Å². The van der Waals surface area contributed by atoms with Crippen LogP contribution < -0.4 is 5.32 Å². The number of likely N-dealkylation sites (N-methyl/N-ethyl adjacent to an activating group) is 1. The first kappa shape index (κ1) is 20.8. The SMILES string of the molecule is CCN(CC)C1CCN(C(=NC)NCCC(F)(F)F)C1.I. The molecule has 0 radical (unpaired) electrons. The summed E-state index contributed by atoms with van der Waals surface area (Å²) in [6.07, 6.45) is -3.93. The van der Waals surface area contributed by atoms with Crippen LogP contribution in [0.1, 0.15) is 26.7 Å². The van der Waals surface area contributed by atoms with Gasteiger partial charge in [0.1, 0.15) is 0 Å². The normalized spacial score (nSPS) is 19.9. The quantitative estimate of drug-likeness (QED) is 0.420. The van der Waals surface area contributed by atoms with E-state index in [9.17, 15) is 13.2 Å². The van der Waals surface area contributed by atoms with E-state index in [1.807, 2.05) is 4.90 Å². The van der Waals surface area contributed by atoms with Crippen LogP contribution in [-0.2, 0) is 0 Å². The zero-order valence-electron chi connectivity index (χ0n) is 12.9. The van der Waals surface area contributed by atoms with Crippen LogP contribution in [0.25, 0.3) is 0 Å². The fraction of sp³-hybridized carbons (Fsp3) is 0.923. The van der Waals surface area contributed by atoms with Crippen molar-refractivity contribution in [1.29, 1.82) is 0 Å². The average molecular weight is 422 g/mol. The number of halogens is 4. The largest absolute Gasteiger partial charge is 0.390 e. The molecule has 1 unspecified atom stereocenters. The molecule has 1 heterocycles. The Morgan fingerprint density at radius 3 is 2.43 bits per heavy atom. The fourth-order valence-electron chi connectivity index (χ4n) is 2.62. The number of likely N-dealkylation sites (tertiary alicyclic amines) is 1.